The van der Waals surface area contributed by atoms with E-state index in [4.69, 9.17) is 0 Å². The Morgan fingerprint density at radius 3 is 2.55 bits per heavy atom. The van der Waals surface area contributed by atoms with Crippen LogP contribution in [0.2, 0.25) is 0 Å². The molecule has 11 heavy (non-hydrogen) atoms. The molecule has 0 N–H and O–H groups in total. The minimum atomic E-state index is 0.852. The summed E-state index contributed by atoms with van der Waals surface area (Å²) in [6.07, 6.45) is 3.81. The minimum Gasteiger partial charge on any atom is -0.0955 e. The van der Waals surface area contributed by atoms with E-state index in [9.17, 15) is 0 Å². The van der Waals surface area contributed by atoms with Gasteiger partial charge in [0.1, 0.15) is 0 Å². The third-order valence-electron chi connectivity index (χ3n) is 2.51. The summed E-state index contributed by atoms with van der Waals surface area (Å²) >= 11 is 0. The molecule has 62 valence electrons. The molecule has 0 aliphatic heterocycles. The second-order valence-corrected chi connectivity index (χ2v) is 3.93. The summed E-state index contributed by atoms with van der Waals surface area (Å²) < 4.78 is 0. The highest BCUT2D eigenvalue weighted by atomic mass is 14.2. The van der Waals surface area contributed by atoms with Gasteiger partial charge in [0.05, 0.1) is 0 Å². The van der Waals surface area contributed by atoms with Crippen molar-refractivity contribution < 1.29 is 0 Å². The molecule has 0 aromatic heterocycles. The zero-order valence-electron chi connectivity index (χ0n) is 7.91. The average Bonchev–Trinajstić information content (AvgIpc) is 1.85. The first kappa shape index (κ1) is 8.58. The van der Waals surface area contributed by atoms with Gasteiger partial charge in [-0.25, -0.2) is 0 Å². The average molecular weight is 150 g/mol. The first-order valence-electron chi connectivity index (χ1n) is 4.45. The van der Waals surface area contributed by atoms with Gasteiger partial charge in [-0.1, -0.05) is 24.6 Å². The van der Waals surface area contributed by atoms with Gasteiger partial charge in [0.15, 0.2) is 0 Å². The molecule has 1 unspecified atom stereocenters. The molecule has 0 radical (unpaired) electrons. The Labute approximate surface area is 70.0 Å². The molecule has 0 nitrogen and oxygen atoms in total. The minimum absolute atomic E-state index is 0.852. The Kier molecular flexibility index (Phi) is 2.53. The quantitative estimate of drug-likeness (QED) is 0.494. The van der Waals surface area contributed by atoms with Gasteiger partial charge in [0.2, 0.25) is 0 Å². The highest BCUT2D eigenvalue weighted by Gasteiger charge is 2.15. The van der Waals surface area contributed by atoms with Crippen LogP contribution in [-0.4, -0.2) is 0 Å². The third kappa shape index (κ3) is 1.95. The number of hydrogen-bond acceptors (Lipinski definition) is 0. The van der Waals surface area contributed by atoms with Crippen LogP contribution in [0.1, 0.15) is 40.0 Å². The van der Waals surface area contributed by atoms with E-state index >= 15 is 0 Å². The monoisotopic (exact) mass is 150 g/mol. The van der Waals surface area contributed by atoms with E-state index in [1.54, 1.807) is 0 Å². The van der Waals surface area contributed by atoms with Crippen LogP contribution in [0.3, 0.4) is 0 Å². The van der Waals surface area contributed by atoms with Crippen molar-refractivity contribution >= 4 is 0 Å². The summed E-state index contributed by atoms with van der Waals surface area (Å²) in [7, 11) is 0. The molecule has 1 saturated carbocycles. The van der Waals surface area contributed by atoms with Gasteiger partial charge in [-0.05, 0) is 44.6 Å². The van der Waals surface area contributed by atoms with Crippen molar-refractivity contribution in [3.63, 3.8) is 0 Å². The Bertz CT molecular complexity index is 192. The molecule has 0 bridgehead atoms. The largest absolute Gasteiger partial charge is 0.0955 e. The summed E-state index contributed by atoms with van der Waals surface area (Å²) in [5.41, 5.74) is 4.37. The number of hydrogen-bond donors (Lipinski definition) is 0. The molecule has 1 rings (SSSR count). The summed E-state index contributed by atoms with van der Waals surface area (Å²) in [6, 6.07) is 0. The van der Waals surface area contributed by atoms with Crippen molar-refractivity contribution in [2.45, 2.75) is 40.0 Å². The van der Waals surface area contributed by atoms with Crippen molar-refractivity contribution in [2.24, 2.45) is 5.92 Å². The van der Waals surface area contributed by atoms with Crippen LogP contribution in [0.25, 0.3) is 0 Å². The predicted octanol–water partition coefficient (Wildman–Crippen LogP) is 3.70. The lowest BCUT2D eigenvalue weighted by Crippen LogP contribution is -2.07. The van der Waals surface area contributed by atoms with Crippen LogP contribution in [0.5, 0.6) is 0 Å². The van der Waals surface area contributed by atoms with Crippen molar-refractivity contribution in [1.82, 2.24) is 0 Å². The van der Waals surface area contributed by atoms with Crippen molar-refractivity contribution in [2.75, 3.05) is 0 Å². The second kappa shape index (κ2) is 3.25. The molecular formula is C11H18. The predicted molar refractivity (Wildman–Crippen MR) is 50.5 cm³/mol. The van der Waals surface area contributed by atoms with Gasteiger partial charge >= 0.3 is 0 Å². The van der Waals surface area contributed by atoms with Crippen LogP contribution in [0.4, 0.5) is 0 Å². The molecule has 0 amide bonds. The zero-order chi connectivity index (χ0) is 8.43. The van der Waals surface area contributed by atoms with E-state index in [0.29, 0.717) is 0 Å². The Morgan fingerprint density at radius 2 is 2.09 bits per heavy atom. The number of allylic oxidation sites excluding steroid dienone is 3. The van der Waals surface area contributed by atoms with Gasteiger partial charge in [-0.2, -0.15) is 0 Å². The molecule has 1 aliphatic carbocycles. The SMILES string of the molecule is C=C1CC(C)CCC1=C(C)C. The first-order valence-corrected chi connectivity index (χ1v) is 4.45. The van der Waals surface area contributed by atoms with Crippen LogP contribution < -0.4 is 0 Å². The van der Waals surface area contributed by atoms with E-state index in [-0.39, 0.29) is 0 Å². The lowest BCUT2D eigenvalue weighted by molar-refractivity contribution is 0.496. The normalized spacial score (nSPS) is 25.5. The first-order chi connectivity index (χ1) is 5.11. The van der Waals surface area contributed by atoms with Crippen LogP contribution in [0.15, 0.2) is 23.3 Å². The van der Waals surface area contributed by atoms with E-state index in [1.807, 2.05) is 0 Å². The van der Waals surface area contributed by atoms with Crippen LogP contribution >= 0.6 is 0 Å². The maximum atomic E-state index is 4.11. The van der Waals surface area contributed by atoms with E-state index in [0.717, 1.165) is 5.92 Å². The fraction of sp³-hybridized carbons (Fsp3) is 0.636. The number of rotatable bonds is 0. The lowest BCUT2D eigenvalue weighted by atomic mass is 9.82. The summed E-state index contributed by atoms with van der Waals surface area (Å²) in [5, 5.41) is 0. The summed E-state index contributed by atoms with van der Waals surface area (Å²) in [4.78, 5) is 0. The smallest absolute Gasteiger partial charge is 0.0256 e. The van der Waals surface area contributed by atoms with Crippen LogP contribution in [-0.2, 0) is 0 Å². The standard InChI is InChI=1S/C11H18/c1-8(2)11-6-5-9(3)7-10(11)4/h9H,4-7H2,1-3H3. The maximum absolute atomic E-state index is 4.11. The Morgan fingerprint density at radius 1 is 1.45 bits per heavy atom. The van der Waals surface area contributed by atoms with Crippen molar-refractivity contribution in [1.29, 1.82) is 0 Å². The molecule has 0 heteroatoms. The summed E-state index contributed by atoms with van der Waals surface area (Å²) in [6.45, 7) is 10.8. The molecule has 1 aliphatic rings. The molecular weight excluding hydrogens is 132 g/mol. The van der Waals surface area contributed by atoms with Crippen molar-refractivity contribution in [3.05, 3.63) is 23.3 Å². The molecule has 1 atom stereocenters. The van der Waals surface area contributed by atoms with Crippen molar-refractivity contribution in [3.8, 4) is 0 Å². The van der Waals surface area contributed by atoms with Gasteiger partial charge < -0.3 is 0 Å². The highest BCUT2D eigenvalue weighted by molar-refractivity contribution is 5.33. The lowest BCUT2D eigenvalue weighted by Gasteiger charge is -2.24. The van der Waals surface area contributed by atoms with Gasteiger partial charge in [-0.15, -0.1) is 0 Å². The van der Waals surface area contributed by atoms with E-state index in [2.05, 4.69) is 27.4 Å². The fourth-order valence-corrected chi connectivity index (χ4v) is 1.82. The van der Waals surface area contributed by atoms with Gasteiger partial charge in [-0.3, -0.25) is 0 Å². The molecule has 1 fully saturated rings. The fourth-order valence-electron chi connectivity index (χ4n) is 1.82. The third-order valence-corrected chi connectivity index (χ3v) is 2.51. The summed E-state index contributed by atoms with van der Waals surface area (Å²) in [5.74, 6) is 0.852. The zero-order valence-corrected chi connectivity index (χ0v) is 7.91. The van der Waals surface area contributed by atoms with E-state index in [1.165, 1.54) is 36.0 Å². The topological polar surface area (TPSA) is 0 Å². The highest BCUT2D eigenvalue weighted by Crippen LogP contribution is 2.33. The molecule has 0 aromatic rings. The Balaban J connectivity index is 2.74. The van der Waals surface area contributed by atoms with Gasteiger partial charge in [0.25, 0.3) is 0 Å². The van der Waals surface area contributed by atoms with Crippen LogP contribution in [0, 0.1) is 5.92 Å². The Hall–Kier alpha value is -0.520. The molecule has 0 heterocycles. The second-order valence-electron chi connectivity index (χ2n) is 3.93. The van der Waals surface area contributed by atoms with E-state index < -0.39 is 0 Å². The molecule has 0 saturated heterocycles. The molecule has 0 spiro atoms. The molecule has 0 aromatic carbocycles. The van der Waals surface area contributed by atoms with Gasteiger partial charge in [0, 0.05) is 0 Å². The maximum Gasteiger partial charge on any atom is -0.0256 e.